The van der Waals surface area contributed by atoms with E-state index in [1.165, 1.54) is 12.8 Å². The smallest absolute Gasteiger partial charge is 0.407 e. The van der Waals surface area contributed by atoms with E-state index in [-0.39, 0.29) is 6.04 Å². The standard InChI is InChI=1S/C13H25NO3/c1-9(11(15)10-7-5-6-8-10)14-12(16)17-13(2,3)4/h9-11,15H,5-8H2,1-4H3,(H,14,16)/t9-,11+/m0/s1. The van der Waals surface area contributed by atoms with Crippen LogP contribution >= 0.6 is 0 Å². The number of amides is 1. The number of hydrogen-bond donors (Lipinski definition) is 2. The molecular formula is C13H25NO3. The Bertz CT molecular complexity index is 254. The van der Waals surface area contributed by atoms with Gasteiger partial charge in [-0.2, -0.15) is 0 Å². The summed E-state index contributed by atoms with van der Waals surface area (Å²) in [5.74, 6) is 0.319. The summed E-state index contributed by atoms with van der Waals surface area (Å²) in [6.45, 7) is 7.30. The summed E-state index contributed by atoms with van der Waals surface area (Å²) in [5.41, 5.74) is -0.498. The number of carbonyl (C=O) groups is 1. The maximum Gasteiger partial charge on any atom is 0.407 e. The van der Waals surface area contributed by atoms with Crippen LogP contribution in [-0.4, -0.2) is 28.9 Å². The van der Waals surface area contributed by atoms with Gasteiger partial charge >= 0.3 is 6.09 Å². The lowest BCUT2D eigenvalue weighted by molar-refractivity contribution is 0.0354. The number of nitrogens with one attached hydrogen (secondary N) is 1. The van der Waals surface area contributed by atoms with Crippen LogP contribution < -0.4 is 5.32 Å². The first-order valence-electron chi connectivity index (χ1n) is 6.47. The summed E-state index contributed by atoms with van der Waals surface area (Å²) in [6.07, 6.45) is 3.55. The van der Waals surface area contributed by atoms with Crippen molar-refractivity contribution in [3.8, 4) is 0 Å². The minimum absolute atomic E-state index is 0.257. The zero-order chi connectivity index (χ0) is 13.1. The monoisotopic (exact) mass is 243 g/mol. The van der Waals surface area contributed by atoms with Crippen LogP contribution in [0.2, 0.25) is 0 Å². The number of ether oxygens (including phenoxy) is 1. The zero-order valence-corrected chi connectivity index (χ0v) is 11.3. The summed E-state index contributed by atoms with van der Waals surface area (Å²) in [5, 5.41) is 12.8. The second-order valence-corrected chi connectivity index (χ2v) is 5.97. The first kappa shape index (κ1) is 14.3. The van der Waals surface area contributed by atoms with Crippen LogP contribution in [0.1, 0.15) is 53.4 Å². The summed E-state index contributed by atoms with van der Waals surface area (Å²) in [6, 6.07) is -0.257. The third-order valence-corrected chi connectivity index (χ3v) is 3.14. The molecule has 0 aromatic heterocycles. The van der Waals surface area contributed by atoms with Crippen LogP contribution in [0, 0.1) is 5.92 Å². The average Bonchev–Trinajstić information content (AvgIpc) is 2.65. The molecule has 0 radical (unpaired) electrons. The SMILES string of the molecule is C[C@H](NC(=O)OC(C)(C)C)[C@@H](O)C1CCCC1. The fourth-order valence-corrected chi connectivity index (χ4v) is 2.29. The Morgan fingerprint density at radius 1 is 1.35 bits per heavy atom. The molecule has 100 valence electrons. The van der Waals surface area contributed by atoms with Gasteiger partial charge < -0.3 is 15.2 Å². The summed E-state index contributed by atoms with van der Waals surface area (Å²) in [4.78, 5) is 11.5. The molecule has 2 N–H and O–H groups in total. The van der Waals surface area contributed by atoms with Crippen molar-refractivity contribution >= 4 is 6.09 Å². The van der Waals surface area contributed by atoms with E-state index >= 15 is 0 Å². The van der Waals surface area contributed by atoms with Gasteiger partial charge in [-0.1, -0.05) is 12.8 Å². The van der Waals surface area contributed by atoms with E-state index in [0.29, 0.717) is 5.92 Å². The molecule has 4 heteroatoms. The van der Waals surface area contributed by atoms with E-state index in [1.54, 1.807) is 0 Å². The molecule has 1 amide bonds. The molecule has 1 rings (SSSR count). The van der Waals surface area contributed by atoms with Gasteiger partial charge in [-0.05, 0) is 46.5 Å². The molecule has 0 bridgehead atoms. The highest BCUT2D eigenvalue weighted by molar-refractivity contribution is 5.68. The van der Waals surface area contributed by atoms with E-state index in [0.717, 1.165) is 12.8 Å². The van der Waals surface area contributed by atoms with E-state index in [2.05, 4.69) is 5.32 Å². The largest absolute Gasteiger partial charge is 0.444 e. The van der Waals surface area contributed by atoms with Crippen LogP contribution in [0.4, 0.5) is 4.79 Å². The lowest BCUT2D eigenvalue weighted by Gasteiger charge is -2.27. The quantitative estimate of drug-likeness (QED) is 0.800. The molecule has 0 aromatic rings. The summed E-state index contributed by atoms with van der Waals surface area (Å²) in [7, 11) is 0. The predicted octanol–water partition coefficient (Wildman–Crippen LogP) is 2.45. The Morgan fingerprint density at radius 3 is 2.35 bits per heavy atom. The van der Waals surface area contributed by atoms with Gasteiger partial charge in [0.05, 0.1) is 12.1 Å². The molecule has 4 nitrogen and oxygen atoms in total. The third-order valence-electron chi connectivity index (χ3n) is 3.14. The highest BCUT2D eigenvalue weighted by atomic mass is 16.6. The van der Waals surface area contributed by atoms with Gasteiger partial charge in [0.2, 0.25) is 0 Å². The van der Waals surface area contributed by atoms with E-state index in [4.69, 9.17) is 4.74 Å². The molecule has 1 fully saturated rings. The fourth-order valence-electron chi connectivity index (χ4n) is 2.29. The average molecular weight is 243 g/mol. The molecule has 1 aliphatic rings. The molecule has 17 heavy (non-hydrogen) atoms. The fraction of sp³-hybridized carbons (Fsp3) is 0.923. The Morgan fingerprint density at radius 2 is 1.88 bits per heavy atom. The molecule has 2 atom stereocenters. The van der Waals surface area contributed by atoms with Gasteiger partial charge in [0.15, 0.2) is 0 Å². The van der Waals surface area contributed by atoms with Gasteiger partial charge in [-0.25, -0.2) is 4.79 Å². The van der Waals surface area contributed by atoms with Gasteiger partial charge in [0.25, 0.3) is 0 Å². The predicted molar refractivity (Wildman–Crippen MR) is 66.8 cm³/mol. The van der Waals surface area contributed by atoms with Gasteiger partial charge in [0, 0.05) is 0 Å². The summed E-state index contributed by atoms with van der Waals surface area (Å²) >= 11 is 0. The maximum atomic E-state index is 11.5. The van der Waals surface area contributed by atoms with Crippen LogP contribution in [0.3, 0.4) is 0 Å². The summed E-state index contributed by atoms with van der Waals surface area (Å²) < 4.78 is 5.16. The molecule has 0 unspecified atom stereocenters. The molecule has 0 saturated heterocycles. The van der Waals surface area contributed by atoms with Crippen molar-refractivity contribution < 1.29 is 14.6 Å². The van der Waals surface area contributed by atoms with E-state index < -0.39 is 17.8 Å². The normalized spacial score (nSPS) is 21.0. The van der Waals surface area contributed by atoms with Gasteiger partial charge in [-0.3, -0.25) is 0 Å². The van der Waals surface area contributed by atoms with Crippen molar-refractivity contribution in [3.05, 3.63) is 0 Å². The van der Waals surface area contributed by atoms with Crippen molar-refractivity contribution in [2.24, 2.45) is 5.92 Å². The number of aliphatic hydroxyl groups is 1. The topological polar surface area (TPSA) is 58.6 Å². The first-order valence-corrected chi connectivity index (χ1v) is 6.47. The second kappa shape index (κ2) is 5.71. The van der Waals surface area contributed by atoms with Crippen molar-refractivity contribution in [2.75, 3.05) is 0 Å². The van der Waals surface area contributed by atoms with Crippen LogP contribution in [0.5, 0.6) is 0 Å². The van der Waals surface area contributed by atoms with Gasteiger partial charge in [-0.15, -0.1) is 0 Å². The van der Waals surface area contributed by atoms with Crippen molar-refractivity contribution in [3.63, 3.8) is 0 Å². The number of aliphatic hydroxyl groups excluding tert-OH is 1. The minimum atomic E-state index is -0.498. The van der Waals surface area contributed by atoms with Crippen molar-refractivity contribution in [1.82, 2.24) is 5.32 Å². The minimum Gasteiger partial charge on any atom is -0.444 e. The van der Waals surface area contributed by atoms with Crippen LogP contribution in [0.15, 0.2) is 0 Å². The second-order valence-electron chi connectivity index (χ2n) is 5.97. The molecular weight excluding hydrogens is 218 g/mol. The molecule has 0 aromatic carbocycles. The molecule has 0 spiro atoms. The first-order chi connectivity index (χ1) is 7.79. The van der Waals surface area contributed by atoms with Crippen molar-refractivity contribution in [2.45, 2.75) is 71.1 Å². The van der Waals surface area contributed by atoms with E-state index in [9.17, 15) is 9.90 Å². The Balaban J connectivity index is 2.37. The van der Waals surface area contributed by atoms with Gasteiger partial charge in [0.1, 0.15) is 5.60 Å². The third kappa shape index (κ3) is 4.94. The molecule has 1 aliphatic carbocycles. The molecule has 1 saturated carbocycles. The highest BCUT2D eigenvalue weighted by Crippen LogP contribution is 2.28. The number of alkyl carbamates (subject to hydrolysis) is 1. The van der Waals surface area contributed by atoms with Crippen molar-refractivity contribution in [1.29, 1.82) is 0 Å². The zero-order valence-electron chi connectivity index (χ0n) is 11.3. The Kier molecular flexibility index (Phi) is 4.80. The number of hydrogen-bond acceptors (Lipinski definition) is 3. The molecule has 0 aliphatic heterocycles. The van der Waals surface area contributed by atoms with Crippen LogP contribution in [0.25, 0.3) is 0 Å². The number of rotatable bonds is 3. The highest BCUT2D eigenvalue weighted by Gasteiger charge is 2.29. The maximum absolute atomic E-state index is 11.5. The lowest BCUT2D eigenvalue weighted by Crippen LogP contribution is -2.45. The number of carbonyl (C=O) groups excluding carboxylic acids is 1. The van der Waals surface area contributed by atoms with E-state index in [1.807, 2.05) is 27.7 Å². The Labute approximate surface area is 104 Å². The molecule has 0 heterocycles. The lowest BCUT2D eigenvalue weighted by atomic mass is 9.96. The Hall–Kier alpha value is -0.770. The van der Waals surface area contributed by atoms with Crippen LogP contribution in [-0.2, 0) is 4.74 Å².